The van der Waals surface area contributed by atoms with Gasteiger partial charge in [-0.05, 0) is 101 Å². The van der Waals surface area contributed by atoms with Crippen molar-refractivity contribution in [2.24, 2.45) is 0 Å². The Hall–Kier alpha value is -2.12. The van der Waals surface area contributed by atoms with E-state index in [-0.39, 0.29) is 12.0 Å². The molecule has 3 atom stereocenters. The molecule has 1 amide bonds. The predicted molar refractivity (Wildman–Crippen MR) is 150 cm³/mol. The fourth-order valence-corrected chi connectivity index (χ4v) is 5.83. The van der Waals surface area contributed by atoms with Crippen molar-refractivity contribution in [3.63, 3.8) is 0 Å². The van der Waals surface area contributed by atoms with Crippen LogP contribution in [-0.2, 0) is 0 Å². The molecule has 4 rings (SSSR count). The zero-order valence-corrected chi connectivity index (χ0v) is 23.5. The number of ether oxygens (including phenoxy) is 1. The number of aliphatic hydroxyl groups is 1. The second kappa shape index (κ2) is 12.6. The van der Waals surface area contributed by atoms with Crippen LogP contribution in [-0.4, -0.2) is 84.2 Å². The zero-order chi connectivity index (χ0) is 26.5. The Morgan fingerprint density at radius 3 is 2.59 bits per heavy atom. The summed E-state index contributed by atoms with van der Waals surface area (Å²) in [6, 6.07) is 12.4. The first-order valence-corrected chi connectivity index (χ1v) is 14.0. The van der Waals surface area contributed by atoms with E-state index in [1.807, 2.05) is 24.0 Å². The molecule has 0 radical (unpaired) electrons. The highest BCUT2D eigenvalue weighted by atomic mass is 35.5. The van der Waals surface area contributed by atoms with E-state index in [0.29, 0.717) is 29.3 Å². The molecular formula is C30H42ClN3O3. The number of likely N-dealkylation sites (N-methyl/N-ethyl adjacent to an activating group) is 1. The van der Waals surface area contributed by atoms with Gasteiger partial charge in [-0.25, -0.2) is 0 Å². The Morgan fingerprint density at radius 1 is 1.11 bits per heavy atom. The smallest absolute Gasteiger partial charge is 0.253 e. The van der Waals surface area contributed by atoms with Crippen molar-refractivity contribution < 1.29 is 14.6 Å². The molecule has 1 unspecified atom stereocenters. The van der Waals surface area contributed by atoms with Gasteiger partial charge in [-0.15, -0.1) is 0 Å². The highest BCUT2D eigenvalue weighted by molar-refractivity contribution is 6.30. The molecule has 0 spiro atoms. The number of rotatable bonds is 9. The van der Waals surface area contributed by atoms with Crippen molar-refractivity contribution in [2.45, 2.75) is 64.6 Å². The van der Waals surface area contributed by atoms with E-state index >= 15 is 0 Å². The quantitative estimate of drug-likeness (QED) is 0.492. The topological polar surface area (TPSA) is 56.3 Å². The lowest BCUT2D eigenvalue weighted by atomic mass is 9.86. The molecule has 0 aliphatic carbocycles. The van der Waals surface area contributed by atoms with Crippen LogP contribution in [0.25, 0.3) is 0 Å². The third kappa shape index (κ3) is 6.85. The van der Waals surface area contributed by atoms with Crippen molar-refractivity contribution in [3.8, 4) is 5.75 Å². The van der Waals surface area contributed by atoms with Crippen LogP contribution in [0.3, 0.4) is 0 Å². The van der Waals surface area contributed by atoms with Gasteiger partial charge in [0.25, 0.3) is 5.91 Å². The molecule has 0 bridgehead atoms. The third-order valence-corrected chi connectivity index (χ3v) is 8.37. The molecule has 2 fully saturated rings. The summed E-state index contributed by atoms with van der Waals surface area (Å²) >= 11 is 6.01. The number of carbonyl (C=O) groups is 1. The number of aliphatic hydroxyl groups excluding tert-OH is 1. The van der Waals surface area contributed by atoms with Crippen molar-refractivity contribution in [1.29, 1.82) is 0 Å². The number of benzene rings is 2. The lowest BCUT2D eigenvalue weighted by Crippen LogP contribution is -2.57. The van der Waals surface area contributed by atoms with Crippen LogP contribution < -0.4 is 4.74 Å². The SMILES string of the molecule is Cc1c(OCCN(C)CCC(C)O)ccc([C@H]2CCC[C@H]3CN(C(=O)c4ccc(Cl)cc4)CCN32)c1C. The molecule has 0 saturated carbocycles. The van der Waals surface area contributed by atoms with Gasteiger partial charge in [0, 0.05) is 55.4 Å². The number of carbonyl (C=O) groups excluding carboxylic acids is 1. The standard InChI is InChI=1S/C30H42ClN3O3/c1-21(35)14-15-32(4)18-19-37-29-13-12-27(22(2)23(29)3)28-7-5-6-26-20-33(16-17-34(26)28)30(36)24-8-10-25(31)11-9-24/h8-13,21,26,28,35H,5-7,14-20H2,1-4H3/t21?,26-,28+/m0/s1. The number of hydrogen-bond donors (Lipinski definition) is 1. The number of nitrogens with zero attached hydrogens (tertiary/aromatic N) is 3. The van der Waals surface area contributed by atoms with E-state index < -0.39 is 0 Å². The van der Waals surface area contributed by atoms with Gasteiger partial charge in [0.15, 0.2) is 0 Å². The van der Waals surface area contributed by atoms with E-state index in [1.54, 1.807) is 12.1 Å². The van der Waals surface area contributed by atoms with Crippen LogP contribution >= 0.6 is 11.6 Å². The lowest BCUT2D eigenvalue weighted by molar-refractivity contribution is 0.0101. The van der Waals surface area contributed by atoms with Gasteiger partial charge in [-0.1, -0.05) is 17.7 Å². The van der Waals surface area contributed by atoms with Crippen LogP contribution in [0.2, 0.25) is 5.02 Å². The Labute approximate surface area is 227 Å². The van der Waals surface area contributed by atoms with Gasteiger partial charge in [0.2, 0.25) is 0 Å². The van der Waals surface area contributed by atoms with Crippen LogP contribution in [0.15, 0.2) is 36.4 Å². The van der Waals surface area contributed by atoms with Gasteiger partial charge < -0.3 is 19.6 Å². The Kier molecular flexibility index (Phi) is 9.51. The first-order valence-electron chi connectivity index (χ1n) is 13.6. The van der Waals surface area contributed by atoms with Crippen LogP contribution in [0.5, 0.6) is 5.75 Å². The maximum absolute atomic E-state index is 13.1. The average Bonchev–Trinajstić information content (AvgIpc) is 2.89. The van der Waals surface area contributed by atoms with E-state index in [2.05, 4.69) is 42.8 Å². The van der Waals surface area contributed by atoms with Crippen LogP contribution in [0.1, 0.15) is 65.7 Å². The molecule has 2 heterocycles. The van der Waals surface area contributed by atoms with Crippen LogP contribution in [0.4, 0.5) is 0 Å². The predicted octanol–water partition coefficient (Wildman–Crippen LogP) is 5.09. The Bertz CT molecular complexity index is 1060. The van der Waals surface area contributed by atoms with E-state index in [9.17, 15) is 9.90 Å². The number of amides is 1. The molecular weight excluding hydrogens is 486 g/mol. The summed E-state index contributed by atoms with van der Waals surface area (Å²) in [7, 11) is 2.06. The van der Waals surface area contributed by atoms with Crippen molar-refractivity contribution in [3.05, 3.63) is 63.7 Å². The van der Waals surface area contributed by atoms with Gasteiger partial charge in [0.05, 0.1) is 6.10 Å². The normalized spacial score (nSPS) is 21.1. The summed E-state index contributed by atoms with van der Waals surface area (Å²) in [5.41, 5.74) is 4.62. The molecule has 0 aromatic heterocycles. The summed E-state index contributed by atoms with van der Waals surface area (Å²) < 4.78 is 6.16. The highest BCUT2D eigenvalue weighted by Crippen LogP contribution is 2.39. The summed E-state index contributed by atoms with van der Waals surface area (Å²) in [5, 5.41) is 10.1. The maximum Gasteiger partial charge on any atom is 0.253 e. The largest absolute Gasteiger partial charge is 0.492 e. The molecule has 1 N–H and O–H groups in total. The second-order valence-electron chi connectivity index (χ2n) is 10.8. The number of piperazine rings is 1. The zero-order valence-electron chi connectivity index (χ0n) is 22.8. The van der Waals surface area contributed by atoms with E-state index in [4.69, 9.17) is 16.3 Å². The van der Waals surface area contributed by atoms with E-state index in [0.717, 1.165) is 57.7 Å². The molecule has 2 saturated heterocycles. The summed E-state index contributed by atoms with van der Waals surface area (Å²) in [4.78, 5) is 19.9. The van der Waals surface area contributed by atoms with Crippen molar-refractivity contribution in [2.75, 3.05) is 46.4 Å². The second-order valence-corrected chi connectivity index (χ2v) is 11.2. The first-order chi connectivity index (χ1) is 17.7. The average molecular weight is 528 g/mol. The number of hydrogen-bond acceptors (Lipinski definition) is 5. The molecule has 202 valence electrons. The molecule has 2 aliphatic rings. The monoisotopic (exact) mass is 527 g/mol. The first kappa shape index (κ1) is 27.9. The third-order valence-electron chi connectivity index (χ3n) is 8.12. The number of fused-ring (bicyclic) bond motifs is 1. The Morgan fingerprint density at radius 2 is 1.86 bits per heavy atom. The van der Waals surface area contributed by atoms with Gasteiger partial charge >= 0.3 is 0 Å². The summed E-state index contributed by atoms with van der Waals surface area (Å²) in [6.07, 6.45) is 3.95. The molecule has 2 aromatic carbocycles. The Balaban J connectivity index is 1.38. The lowest BCUT2D eigenvalue weighted by Gasteiger charge is -2.48. The van der Waals surface area contributed by atoms with Gasteiger partial charge in [-0.2, -0.15) is 0 Å². The molecule has 6 nitrogen and oxygen atoms in total. The van der Waals surface area contributed by atoms with Gasteiger partial charge in [-0.3, -0.25) is 9.69 Å². The van der Waals surface area contributed by atoms with Crippen molar-refractivity contribution in [1.82, 2.24) is 14.7 Å². The number of halogens is 1. The van der Waals surface area contributed by atoms with Gasteiger partial charge in [0.1, 0.15) is 12.4 Å². The molecule has 2 aliphatic heterocycles. The molecule has 7 heteroatoms. The summed E-state index contributed by atoms with van der Waals surface area (Å²) in [6.45, 7) is 10.9. The highest BCUT2D eigenvalue weighted by Gasteiger charge is 2.37. The molecule has 2 aromatic rings. The fourth-order valence-electron chi connectivity index (χ4n) is 5.71. The minimum atomic E-state index is -0.271. The summed E-state index contributed by atoms with van der Waals surface area (Å²) in [5.74, 6) is 1.06. The van der Waals surface area contributed by atoms with Crippen molar-refractivity contribution >= 4 is 17.5 Å². The van der Waals surface area contributed by atoms with E-state index in [1.165, 1.54) is 23.1 Å². The number of piperidine rings is 1. The molecule has 37 heavy (non-hydrogen) atoms. The maximum atomic E-state index is 13.1. The minimum absolute atomic E-state index is 0.100. The van der Waals surface area contributed by atoms with Crippen LogP contribution in [0, 0.1) is 13.8 Å². The fraction of sp³-hybridized carbons (Fsp3) is 0.567. The minimum Gasteiger partial charge on any atom is -0.492 e.